The van der Waals surface area contributed by atoms with Crippen LogP contribution < -0.4 is 16.0 Å². The number of nitrogens with one attached hydrogen (secondary N) is 3. The van der Waals surface area contributed by atoms with Gasteiger partial charge in [0, 0.05) is 45.0 Å². The Kier molecular flexibility index (Phi) is 17.3. The number of carbonyl (C=O) groups excluding carboxylic acids is 4. The van der Waals surface area contributed by atoms with E-state index in [1.807, 2.05) is 12.1 Å². The summed E-state index contributed by atoms with van der Waals surface area (Å²) in [7, 11) is 1.78. The first kappa shape index (κ1) is 42.9. The number of likely N-dealkylation sites (N-methyl/N-ethyl adjacent to an activating group) is 1. The van der Waals surface area contributed by atoms with Crippen LogP contribution in [0.1, 0.15) is 67.9 Å². The van der Waals surface area contributed by atoms with E-state index in [4.69, 9.17) is 24.1 Å². The number of carboxylic acids is 1. The van der Waals surface area contributed by atoms with E-state index in [-0.39, 0.29) is 32.1 Å². The van der Waals surface area contributed by atoms with Crippen LogP contribution in [0.2, 0.25) is 0 Å². The van der Waals surface area contributed by atoms with Gasteiger partial charge >= 0.3 is 24.2 Å². The first-order valence-electron chi connectivity index (χ1n) is 16.3. The molecule has 0 aromatic heterocycles. The summed E-state index contributed by atoms with van der Waals surface area (Å²) < 4.78 is 21.6. The predicted octanol–water partition coefficient (Wildman–Crippen LogP) is 4.10. The number of hydrogen-bond acceptors (Lipinski definition) is 10. The number of anilines is 1. The Balaban J connectivity index is 3.32. The molecule has 0 bridgehead atoms. The van der Waals surface area contributed by atoms with Gasteiger partial charge in [0.05, 0.1) is 0 Å². The Bertz CT molecular complexity index is 1220. The van der Waals surface area contributed by atoms with Gasteiger partial charge in [0.1, 0.15) is 30.0 Å². The molecule has 278 valence electrons. The zero-order valence-corrected chi connectivity index (χ0v) is 30.8. The third-order valence-electron chi connectivity index (χ3n) is 6.16. The Morgan fingerprint density at radius 2 is 1.22 bits per heavy atom. The van der Waals surface area contributed by atoms with Gasteiger partial charge in [-0.05, 0) is 99.4 Å². The highest BCUT2D eigenvalue weighted by atomic mass is 16.6. The summed E-state index contributed by atoms with van der Waals surface area (Å²) >= 11 is 0. The lowest BCUT2D eigenvalue weighted by atomic mass is 9.97. The minimum absolute atomic E-state index is 0.0982. The molecular weight excluding hydrogens is 638 g/mol. The molecule has 0 aliphatic carbocycles. The number of aliphatic carboxylic acids is 1. The van der Waals surface area contributed by atoms with Crippen LogP contribution in [0.15, 0.2) is 24.3 Å². The average molecular weight is 696 g/mol. The summed E-state index contributed by atoms with van der Waals surface area (Å²) in [5.41, 5.74) is -0.849. The lowest BCUT2D eigenvalue weighted by molar-refractivity contribution is -0.143. The maximum atomic E-state index is 13.5. The quantitative estimate of drug-likeness (QED) is 0.172. The summed E-state index contributed by atoms with van der Waals surface area (Å²) in [5.74, 6) is -1.99. The van der Waals surface area contributed by atoms with Crippen molar-refractivity contribution in [3.63, 3.8) is 0 Å². The minimum Gasteiger partial charge on any atom is -0.480 e. The van der Waals surface area contributed by atoms with Crippen LogP contribution in [0.3, 0.4) is 0 Å². The maximum absolute atomic E-state index is 13.5. The first-order chi connectivity index (χ1) is 22.6. The van der Waals surface area contributed by atoms with Crippen LogP contribution in [-0.4, -0.2) is 121 Å². The molecule has 49 heavy (non-hydrogen) atoms. The van der Waals surface area contributed by atoms with E-state index in [9.17, 15) is 24.0 Å². The molecule has 1 aromatic carbocycles. The molecule has 0 spiro atoms. The molecule has 0 aliphatic rings. The number of carbonyl (C=O) groups is 5. The summed E-state index contributed by atoms with van der Waals surface area (Å²) in [6.45, 7) is 16.4. The Hall–Kier alpha value is -4.11. The predicted molar refractivity (Wildman–Crippen MR) is 184 cm³/mol. The molecule has 0 saturated heterocycles. The molecule has 0 aliphatic heterocycles. The number of hydrogen-bond donors (Lipinski definition) is 4. The molecule has 0 radical (unpaired) electrons. The summed E-state index contributed by atoms with van der Waals surface area (Å²) in [5, 5.41) is 17.1. The molecule has 15 nitrogen and oxygen atoms in total. The SMILES string of the molecule is CNCCN(CC(Cc1ccc(NC(=O)COCC(=O)O)cc1)CN(CCNC(=O)OC(C)(C)C)C(=O)OC(C)(C)C)C(=O)OC(C)(C)C. The molecule has 0 heterocycles. The minimum atomic E-state index is -1.17. The molecule has 15 heteroatoms. The van der Waals surface area contributed by atoms with Crippen molar-refractivity contribution in [3.05, 3.63) is 29.8 Å². The number of nitrogens with zero attached hydrogens (tertiary/aromatic N) is 2. The second kappa shape index (κ2) is 19.8. The molecule has 1 atom stereocenters. The number of benzene rings is 1. The fourth-order valence-corrected chi connectivity index (χ4v) is 4.32. The highest BCUT2D eigenvalue weighted by Crippen LogP contribution is 2.19. The summed E-state index contributed by atoms with van der Waals surface area (Å²) in [6, 6.07) is 7.02. The van der Waals surface area contributed by atoms with Gasteiger partial charge in [0.2, 0.25) is 5.91 Å². The average Bonchev–Trinajstić information content (AvgIpc) is 2.92. The van der Waals surface area contributed by atoms with E-state index < -0.39 is 60.2 Å². The van der Waals surface area contributed by atoms with Crippen molar-refractivity contribution in [2.45, 2.75) is 85.5 Å². The third kappa shape index (κ3) is 20.8. The maximum Gasteiger partial charge on any atom is 0.410 e. The van der Waals surface area contributed by atoms with E-state index in [0.29, 0.717) is 25.2 Å². The van der Waals surface area contributed by atoms with E-state index >= 15 is 0 Å². The van der Waals surface area contributed by atoms with Crippen molar-refractivity contribution in [2.75, 3.05) is 64.8 Å². The van der Waals surface area contributed by atoms with Gasteiger partial charge in [-0.3, -0.25) is 4.79 Å². The Labute approximate surface area is 290 Å². The largest absolute Gasteiger partial charge is 0.480 e. The monoisotopic (exact) mass is 695 g/mol. The highest BCUT2D eigenvalue weighted by molar-refractivity contribution is 5.91. The molecule has 0 fully saturated rings. The molecule has 1 rings (SSSR count). The number of ether oxygens (including phenoxy) is 4. The number of amides is 4. The van der Waals surface area contributed by atoms with Gasteiger partial charge in [-0.2, -0.15) is 0 Å². The summed E-state index contributed by atoms with van der Waals surface area (Å²) in [6.07, 6.45) is -1.26. The molecule has 4 N–H and O–H groups in total. The molecule has 4 amide bonds. The fourth-order valence-electron chi connectivity index (χ4n) is 4.32. The van der Waals surface area contributed by atoms with Crippen molar-refractivity contribution in [3.8, 4) is 0 Å². The second-order valence-electron chi connectivity index (χ2n) is 14.6. The molecule has 1 aromatic rings. The van der Waals surface area contributed by atoms with Crippen molar-refractivity contribution < 1.29 is 48.0 Å². The van der Waals surface area contributed by atoms with Crippen LogP contribution in [0.4, 0.5) is 20.1 Å². The van der Waals surface area contributed by atoms with Gasteiger partial charge in [0.25, 0.3) is 0 Å². The second-order valence-corrected chi connectivity index (χ2v) is 14.6. The van der Waals surface area contributed by atoms with Crippen molar-refractivity contribution in [2.24, 2.45) is 5.92 Å². The topological polar surface area (TPSA) is 185 Å². The number of carboxylic acid groups (broad SMARTS) is 1. The molecular formula is C34H57N5O10. The molecule has 0 saturated carbocycles. The van der Waals surface area contributed by atoms with Crippen molar-refractivity contribution >= 4 is 35.8 Å². The van der Waals surface area contributed by atoms with E-state index in [1.54, 1.807) is 86.4 Å². The van der Waals surface area contributed by atoms with Crippen molar-refractivity contribution in [1.82, 2.24) is 20.4 Å². The Morgan fingerprint density at radius 1 is 0.735 bits per heavy atom. The van der Waals surface area contributed by atoms with E-state index in [0.717, 1.165) is 5.56 Å². The van der Waals surface area contributed by atoms with Crippen LogP contribution in [0, 0.1) is 5.92 Å². The van der Waals surface area contributed by atoms with Gasteiger partial charge in [0.15, 0.2) is 0 Å². The normalized spacial score (nSPS) is 12.4. The lowest BCUT2D eigenvalue weighted by Gasteiger charge is -2.34. The van der Waals surface area contributed by atoms with Gasteiger partial charge in [-0.25, -0.2) is 19.2 Å². The Morgan fingerprint density at radius 3 is 1.67 bits per heavy atom. The summed E-state index contributed by atoms with van der Waals surface area (Å²) in [4.78, 5) is 65.0. The number of rotatable bonds is 17. The zero-order chi connectivity index (χ0) is 37.4. The fraction of sp³-hybridized carbons (Fsp3) is 0.676. The highest BCUT2D eigenvalue weighted by Gasteiger charge is 2.29. The first-order valence-corrected chi connectivity index (χ1v) is 16.3. The van der Waals surface area contributed by atoms with Crippen molar-refractivity contribution in [1.29, 1.82) is 0 Å². The smallest absolute Gasteiger partial charge is 0.410 e. The van der Waals surface area contributed by atoms with Gasteiger partial charge in [-0.15, -0.1) is 0 Å². The van der Waals surface area contributed by atoms with E-state index in [2.05, 4.69) is 16.0 Å². The lowest BCUT2D eigenvalue weighted by Crippen LogP contribution is -2.48. The molecule has 1 unspecified atom stereocenters. The third-order valence-corrected chi connectivity index (χ3v) is 6.16. The zero-order valence-electron chi connectivity index (χ0n) is 30.8. The standard InChI is InChI=1S/C34H57N5O10/c1-32(2,3)47-29(43)36-16-18-39(31(45)49-34(7,8)9)21-25(20-38(17-15-35-10)30(44)48-33(4,5)6)19-24-11-13-26(14-12-24)37-27(40)22-46-23-28(41)42/h11-14,25,35H,15-23H2,1-10H3,(H,36,43)(H,37,40)(H,41,42). The van der Waals surface area contributed by atoms with Crippen LogP contribution >= 0.6 is 0 Å². The number of alkyl carbamates (subject to hydrolysis) is 1. The van der Waals surface area contributed by atoms with E-state index in [1.165, 1.54) is 4.90 Å². The van der Waals surface area contributed by atoms with Gasteiger partial charge in [-0.1, -0.05) is 12.1 Å². The van der Waals surface area contributed by atoms with Crippen LogP contribution in [0.25, 0.3) is 0 Å². The van der Waals surface area contributed by atoms with Crippen LogP contribution in [0.5, 0.6) is 0 Å². The van der Waals surface area contributed by atoms with Gasteiger partial charge < -0.3 is 49.8 Å². The van der Waals surface area contributed by atoms with Crippen LogP contribution in [-0.2, 0) is 35.0 Å².